The van der Waals surface area contributed by atoms with E-state index in [1.807, 2.05) is 13.8 Å². The molecule has 0 spiro atoms. The molecule has 0 aliphatic carbocycles. The molecule has 1 unspecified atom stereocenters. The summed E-state index contributed by atoms with van der Waals surface area (Å²) in [5.41, 5.74) is 0.495. The number of benzene rings is 1. The van der Waals surface area contributed by atoms with Crippen LogP contribution in [0.5, 0.6) is 0 Å². The Morgan fingerprint density at radius 1 is 1.27 bits per heavy atom. The highest BCUT2D eigenvalue weighted by Crippen LogP contribution is 2.33. The molecule has 0 aliphatic rings. The monoisotopic (exact) mass is 450 g/mol. The first-order chi connectivity index (χ1) is 14.5. The minimum Gasteiger partial charge on any atom is -0.382 e. The molecule has 30 heavy (non-hydrogen) atoms. The highest BCUT2D eigenvalue weighted by atomic mass is 35.5. The van der Waals surface area contributed by atoms with Gasteiger partial charge in [-0.25, -0.2) is 4.98 Å². The number of halogens is 1. The van der Waals surface area contributed by atoms with Gasteiger partial charge >= 0.3 is 0 Å². The minimum atomic E-state index is -0.144. The largest absolute Gasteiger partial charge is 0.382 e. The molecule has 0 radical (unpaired) electrons. The summed E-state index contributed by atoms with van der Waals surface area (Å²) in [6, 6.07) is 5.15. The lowest BCUT2D eigenvalue weighted by molar-refractivity contribution is 0.140. The highest BCUT2D eigenvalue weighted by molar-refractivity contribution is 7.99. The first kappa shape index (κ1) is 22.8. The maximum Gasteiger partial charge on any atom is 0.262 e. The van der Waals surface area contributed by atoms with E-state index >= 15 is 0 Å². The number of nitrogens with zero attached hydrogens (tertiary/aromatic N) is 4. The van der Waals surface area contributed by atoms with Crippen molar-refractivity contribution in [3.05, 3.63) is 45.3 Å². The molecule has 9 heteroatoms. The molecular weight excluding hydrogens is 424 g/mol. The third-order valence-corrected chi connectivity index (χ3v) is 5.94. The van der Waals surface area contributed by atoms with E-state index in [4.69, 9.17) is 25.8 Å². The number of fused-ring (bicyclic) bond motifs is 1. The van der Waals surface area contributed by atoms with Crippen LogP contribution in [0.25, 0.3) is 10.9 Å². The van der Waals surface area contributed by atoms with E-state index in [0.717, 1.165) is 25.7 Å². The fourth-order valence-electron chi connectivity index (χ4n) is 3.01. The van der Waals surface area contributed by atoms with Gasteiger partial charge in [0.1, 0.15) is 0 Å². The maximum absolute atomic E-state index is 13.1. The Hall–Kier alpha value is -1.90. The van der Waals surface area contributed by atoms with E-state index in [1.54, 1.807) is 22.8 Å². The number of ether oxygens (including phenoxy) is 1. The van der Waals surface area contributed by atoms with Gasteiger partial charge in [0.15, 0.2) is 11.0 Å². The highest BCUT2D eigenvalue weighted by Gasteiger charge is 2.20. The van der Waals surface area contributed by atoms with Gasteiger partial charge in [0.25, 0.3) is 5.56 Å². The number of aromatic nitrogens is 4. The minimum absolute atomic E-state index is 0.0861. The molecule has 3 aromatic rings. The van der Waals surface area contributed by atoms with E-state index in [2.05, 4.69) is 17.1 Å². The van der Waals surface area contributed by atoms with Crippen LogP contribution >= 0.6 is 23.4 Å². The van der Waals surface area contributed by atoms with Crippen molar-refractivity contribution in [2.75, 3.05) is 13.2 Å². The molecule has 0 fully saturated rings. The Morgan fingerprint density at radius 2 is 2.10 bits per heavy atom. The molecule has 2 aromatic heterocycles. The van der Waals surface area contributed by atoms with Crippen molar-refractivity contribution < 1.29 is 9.26 Å². The normalized spacial score (nSPS) is 12.5. The SMILES string of the molecule is CCCCc1noc(C(C)Sc2nc3cc(Cl)ccc3c(=O)n2CCCOCC)n1. The van der Waals surface area contributed by atoms with Gasteiger partial charge in [-0.2, -0.15) is 4.98 Å². The first-order valence-corrected chi connectivity index (χ1v) is 11.6. The molecule has 0 bridgehead atoms. The summed E-state index contributed by atoms with van der Waals surface area (Å²) >= 11 is 7.55. The topological polar surface area (TPSA) is 83.0 Å². The molecule has 162 valence electrons. The van der Waals surface area contributed by atoms with Crippen LogP contribution in [-0.2, 0) is 17.7 Å². The van der Waals surface area contributed by atoms with Gasteiger partial charge < -0.3 is 9.26 Å². The molecule has 0 saturated heterocycles. The molecule has 0 saturated carbocycles. The number of thioether (sulfide) groups is 1. The lowest BCUT2D eigenvalue weighted by atomic mass is 10.2. The second-order valence-corrected chi connectivity index (χ2v) is 8.72. The molecule has 7 nitrogen and oxygen atoms in total. The molecular formula is C21H27ClN4O3S. The zero-order chi connectivity index (χ0) is 21.5. The Kier molecular flexibility index (Phi) is 8.30. The van der Waals surface area contributed by atoms with Gasteiger partial charge in [-0.05, 0) is 44.9 Å². The van der Waals surface area contributed by atoms with Crippen molar-refractivity contribution in [3.8, 4) is 0 Å². The van der Waals surface area contributed by atoms with Crippen LogP contribution in [0.15, 0.2) is 32.7 Å². The number of aryl methyl sites for hydroxylation is 1. The number of rotatable bonds is 11. The maximum atomic E-state index is 13.1. The molecule has 0 amide bonds. The molecule has 1 aromatic carbocycles. The zero-order valence-electron chi connectivity index (χ0n) is 17.6. The summed E-state index contributed by atoms with van der Waals surface area (Å²) in [5, 5.41) is 5.62. The fourth-order valence-corrected chi connectivity index (χ4v) is 4.14. The standard InChI is InChI=1S/C21H27ClN4O3S/c1-4-6-8-18-24-19(29-25-18)14(3)30-21-23-17-13-15(22)9-10-16(17)20(27)26(21)11-7-12-28-5-2/h9-10,13-14H,4-8,11-12H2,1-3H3. The van der Waals surface area contributed by atoms with Crippen molar-refractivity contribution in [1.29, 1.82) is 0 Å². The average molecular weight is 451 g/mol. The Morgan fingerprint density at radius 3 is 2.87 bits per heavy atom. The van der Waals surface area contributed by atoms with E-state index < -0.39 is 0 Å². The van der Waals surface area contributed by atoms with Crippen molar-refractivity contribution in [3.63, 3.8) is 0 Å². The Labute approximate surface area is 185 Å². The first-order valence-electron chi connectivity index (χ1n) is 10.3. The molecule has 2 heterocycles. The van der Waals surface area contributed by atoms with Crippen LogP contribution in [0.4, 0.5) is 0 Å². The van der Waals surface area contributed by atoms with Crippen LogP contribution in [0.3, 0.4) is 0 Å². The lowest BCUT2D eigenvalue weighted by Gasteiger charge is -2.15. The Bertz CT molecular complexity index is 1040. The molecule has 3 rings (SSSR count). The Balaban J connectivity index is 1.89. The van der Waals surface area contributed by atoms with Crippen LogP contribution in [0.1, 0.15) is 57.0 Å². The summed E-state index contributed by atoms with van der Waals surface area (Å²) in [7, 11) is 0. The van der Waals surface area contributed by atoms with Crippen molar-refractivity contribution >= 4 is 34.3 Å². The van der Waals surface area contributed by atoms with E-state index in [9.17, 15) is 4.79 Å². The number of hydrogen-bond donors (Lipinski definition) is 0. The van der Waals surface area contributed by atoms with Crippen LogP contribution in [0.2, 0.25) is 5.02 Å². The molecule has 1 atom stereocenters. The number of unbranched alkanes of at least 4 members (excludes halogenated alkanes) is 1. The van der Waals surface area contributed by atoms with E-state index in [1.165, 1.54) is 11.8 Å². The average Bonchev–Trinajstić information content (AvgIpc) is 3.20. The van der Waals surface area contributed by atoms with Gasteiger partial charge in [-0.15, -0.1) is 0 Å². The summed E-state index contributed by atoms with van der Waals surface area (Å²) in [6.07, 6.45) is 3.61. The van der Waals surface area contributed by atoms with Gasteiger partial charge in [0, 0.05) is 31.2 Å². The van der Waals surface area contributed by atoms with Crippen molar-refractivity contribution in [1.82, 2.24) is 19.7 Å². The van der Waals surface area contributed by atoms with E-state index in [-0.39, 0.29) is 10.8 Å². The number of hydrogen-bond acceptors (Lipinski definition) is 7. The third-order valence-electron chi connectivity index (χ3n) is 4.62. The quantitative estimate of drug-likeness (QED) is 0.229. The second-order valence-electron chi connectivity index (χ2n) is 6.98. The fraction of sp³-hybridized carbons (Fsp3) is 0.524. The van der Waals surface area contributed by atoms with Crippen LogP contribution in [0, 0.1) is 0 Å². The van der Waals surface area contributed by atoms with Crippen molar-refractivity contribution in [2.24, 2.45) is 0 Å². The molecule has 0 N–H and O–H groups in total. The van der Waals surface area contributed by atoms with Gasteiger partial charge in [-0.3, -0.25) is 9.36 Å². The lowest BCUT2D eigenvalue weighted by Crippen LogP contribution is -2.24. The van der Waals surface area contributed by atoms with Gasteiger partial charge in [-0.1, -0.05) is 41.9 Å². The van der Waals surface area contributed by atoms with Crippen LogP contribution < -0.4 is 5.56 Å². The summed E-state index contributed by atoms with van der Waals surface area (Å²) in [4.78, 5) is 22.4. The van der Waals surface area contributed by atoms with Crippen molar-refractivity contribution in [2.45, 2.75) is 63.4 Å². The van der Waals surface area contributed by atoms with Gasteiger partial charge in [0.2, 0.25) is 5.89 Å². The van der Waals surface area contributed by atoms with Gasteiger partial charge in [0.05, 0.1) is 16.2 Å². The zero-order valence-corrected chi connectivity index (χ0v) is 19.1. The third kappa shape index (κ3) is 5.62. The summed E-state index contributed by atoms with van der Waals surface area (Å²) in [6.45, 7) is 7.81. The summed E-state index contributed by atoms with van der Waals surface area (Å²) < 4.78 is 12.6. The predicted octanol–water partition coefficient (Wildman–Crippen LogP) is 5.06. The second kappa shape index (κ2) is 10.9. The molecule has 0 aliphatic heterocycles. The smallest absolute Gasteiger partial charge is 0.262 e. The van der Waals surface area contributed by atoms with E-state index in [0.29, 0.717) is 52.6 Å². The summed E-state index contributed by atoms with van der Waals surface area (Å²) in [5.74, 6) is 1.25. The van der Waals surface area contributed by atoms with Crippen LogP contribution in [-0.4, -0.2) is 32.9 Å². The predicted molar refractivity (Wildman–Crippen MR) is 119 cm³/mol.